The molecular formula is C14H16BrN3O. The standard InChI is InChI=1S/C14H16BrN3O/c15-7-11-6-14(19)18(9-11)4-3-10-1-2-13-12(5-10)8-16-17-13/h1-2,5,8,11H,3-4,6-7,9H2,(H,16,17). The van der Waals surface area contributed by atoms with Crippen LogP contribution in [0, 0.1) is 5.92 Å². The Morgan fingerprint density at radius 3 is 3.16 bits per heavy atom. The van der Waals surface area contributed by atoms with Gasteiger partial charge in [0.15, 0.2) is 0 Å². The molecule has 0 aliphatic carbocycles. The van der Waals surface area contributed by atoms with Crippen molar-refractivity contribution < 1.29 is 4.79 Å². The Morgan fingerprint density at radius 1 is 1.47 bits per heavy atom. The third kappa shape index (κ3) is 2.66. The first-order valence-corrected chi connectivity index (χ1v) is 7.64. The van der Waals surface area contributed by atoms with E-state index in [1.807, 2.05) is 17.2 Å². The number of amides is 1. The summed E-state index contributed by atoms with van der Waals surface area (Å²) in [5.41, 5.74) is 2.31. The van der Waals surface area contributed by atoms with Crippen LogP contribution in [0.15, 0.2) is 24.4 Å². The van der Waals surface area contributed by atoms with Gasteiger partial charge in [-0.1, -0.05) is 22.0 Å². The van der Waals surface area contributed by atoms with Gasteiger partial charge in [-0.25, -0.2) is 0 Å². The first-order valence-electron chi connectivity index (χ1n) is 6.52. The first-order chi connectivity index (χ1) is 9.26. The lowest BCUT2D eigenvalue weighted by Gasteiger charge is -2.16. The van der Waals surface area contributed by atoms with E-state index in [1.165, 1.54) is 5.56 Å². The van der Waals surface area contributed by atoms with Gasteiger partial charge >= 0.3 is 0 Å². The van der Waals surface area contributed by atoms with E-state index in [-0.39, 0.29) is 5.91 Å². The zero-order chi connectivity index (χ0) is 13.2. The molecule has 5 heteroatoms. The molecule has 19 heavy (non-hydrogen) atoms. The number of alkyl halides is 1. The predicted molar refractivity (Wildman–Crippen MR) is 78.3 cm³/mol. The lowest BCUT2D eigenvalue weighted by atomic mass is 10.1. The second kappa shape index (κ2) is 5.33. The number of hydrogen-bond acceptors (Lipinski definition) is 2. The van der Waals surface area contributed by atoms with E-state index in [0.717, 1.165) is 35.7 Å². The van der Waals surface area contributed by atoms with Crippen molar-refractivity contribution in [3.05, 3.63) is 30.0 Å². The fourth-order valence-electron chi connectivity index (χ4n) is 2.59. The average molecular weight is 322 g/mol. The average Bonchev–Trinajstić information content (AvgIpc) is 3.02. The van der Waals surface area contributed by atoms with Crippen molar-refractivity contribution in [3.8, 4) is 0 Å². The van der Waals surface area contributed by atoms with E-state index < -0.39 is 0 Å². The predicted octanol–water partition coefficient (Wildman–Crippen LogP) is 2.35. The van der Waals surface area contributed by atoms with Crippen molar-refractivity contribution in [2.24, 2.45) is 5.92 Å². The van der Waals surface area contributed by atoms with Crippen molar-refractivity contribution in [2.75, 3.05) is 18.4 Å². The Morgan fingerprint density at radius 2 is 2.37 bits per heavy atom. The molecule has 1 aromatic carbocycles. The number of carbonyl (C=O) groups is 1. The molecule has 0 saturated carbocycles. The molecule has 1 unspecified atom stereocenters. The van der Waals surface area contributed by atoms with Gasteiger partial charge in [-0.15, -0.1) is 0 Å². The maximum Gasteiger partial charge on any atom is 0.222 e. The highest BCUT2D eigenvalue weighted by molar-refractivity contribution is 9.09. The quantitative estimate of drug-likeness (QED) is 0.879. The number of halogens is 1. The Kier molecular flexibility index (Phi) is 3.55. The van der Waals surface area contributed by atoms with Crippen LogP contribution in [0.1, 0.15) is 12.0 Å². The molecular weight excluding hydrogens is 306 g/mol. The number of aromatic nitrogens is 2. The number of nitrogens with zero attached hydrogens (tertiary/aromatic N) is 2. The minimum absolute atomic E-state index is 0.286. The van der Waals surface area contributed by atoms with E-state index in [0.29, 0.717) is 12.3 Å². The van der Waals surface area contributed by atoms with Gasteiger partial charge in [-0.05, 0) is 30.0 Å². The molecule has 1 atom stereocenters. The Balaban J connectivity index is 1.64. The van der Waals surface area contributed by atoms with Crippen LogP contribution < -0.4 is 0 Å². The zero-order valence-electron chi connectivity index (χ0n) is 10.6. The summed E-state index contributed by atoms with van der Waals surface area (Å²) in [6.45, 7) is 1.70. The van der Waals surface area contributed by atoms with E-state index in [4.69, 9.17) is 0 Å². The number of H-pyrrole nitrogens is 1. The van der Waals surface area contributed by atoms with Gasteiger partial charge in [-0.3, -0.25) is 9.89 Å². The van der Waals surface area contributed by atoms with Crippen LogP contribution in [-0.4, -0.2) is 39.4 Å². The Labute approximate surface area is 120 Å². The highest BCUT2D eigenvalue weighted by Crippen LogP contribution is 2.20. The lowest BCUT2D eigenvalue weighted by Crippen LogP contribution is -2.27. The van der Waals surface area contributed by atoms with Crippen LogP contribution in [0.2, 0.25) is 0 Å². The minimum Gasteiger partial charge on any atom is -0.342 e. The lowest BCUT2D eigenvalue weighted by molar-refractivity contribution is -0.127. The molecule has 100 valence electrons. The Bertz CT molecular complexity index is 595. The largest absolute Gasteiger partial charge is 0.342 e. The molecule has 1 fully saturated rings. The summed E-state index contributed by atoms with van der Waals surface area (Å²) in [6, 6.07) is 6.29. The van der Waals surface area contributed by atoms with Gasteiger partial charge in [0.1, 0.15) is 0 Å². The number of aromatic amines is 1. The van der Waals surface area contributed by atoms with Gasteiger partial charge in [-0.2, -0.15) is 5.10 Å². The molecule has 0 spiro atoms. The number of benzene rings is 1. The maximum atomic E-state index is 11.8. The number of hydrogen-bond donors (Lipinski definition) is 1. The molecule has 1 N–H and O–H groups in total. The van der Waals surface area contributed by atoms with Crippen LogP contribution in [0.4, 0.5) is 0 Å². The third-order valence-electron chi connectivity index (χ3n) is 3.69. The molecule has 1 aliphatic rings. The smallest absolute Gasteiger partial charge is 0.222 e. The van der Waals surface area contributed by atoms with Crippen molar-refractivity contribution in [1.82, 2.24) is 15.1 Å². The molecule has 4 nitrogen and oxygen atoms in total. The summed E-state index contributed by atoms with van der Waals surface area (Å²) >= 11 is 3.46. The molecule has 3 rings (SSSR count). The van der Waals surface area contributed by atoms with Crippen LogP contribution in [-0.2, 0) is 11.2 Å². The summed E-state index contributed by atoms with van der Waals surface area (Å²) < 4.78 is 0. The van der Waals surface area contributed by atoms with E-state index in [9.17, 15) is 4.79 Å². The first kappa shape index (κ1) is 12.7. The monoisotopic (exact) mass is 321 g/mol. The minimum atomic E-state index is 0.286. The molecule has 1 aromatic heterocycles. The molecule has 1 aliphatic heterocycles. The Hall–Kier alpha value is -1.36. The van der Waals surface area contributed by atoms with Gasteiger partial charge in [0.2, 0.25) is 5.91 Å². The second-order valence-corrected chi connectivity index (χ2v) is 5.75. The zero-order valence-corrected chi connectivity index (χ0v) is 12.2. The fourth-order valence-corrected chi connectivity index (χ4v) is 3.02. The summed E-state index contributed by atoms with van der Waals surface area (Å²) in [5, 5.41) is 9.00. The van der Waals surface area contributed by atoms with Crippen LogP contribution in [0.25, 0.3) is 10.9 Å². The van der Waals surface area contributed by atoms with E-state index >= 15 is 0 Å². The number of likely N-dealkylation sites (tertiary alicyclic amines) is 1. The fraction of sp³-hybridized carbons (Fsp3) is 0.429. The van der Waals surface area contributed by atoms with E-state index in [2.05, 4.69) is 38.3 Å². The van der Waals surface area contributed by atoms with Crippen LogP contribution in [0.3, 0.4) is 0 Å². The van der Waals surface area contributed by atoms with E-state index in [1.54, 1.807) is 0 Å². The van der Waals surface area contributed by atoms with Gasteiger partial charge in [0, 0.05) is 30.2 Å². The third-order valence-corrected chi connectivity index (χ3v) is 4.60. The summed E-state index contributed by atoms with van der Waals surface area (Å²) in [7, 11) is 0. The van der Waals surface area contributed by atoms with Gasteiger partial charge < -0.3 is 4.90 Å². The topological polar surface area (TPSA) is 49.0 Å². The van der Waals surface area contributed by atoms with Crippen LogP contribution in [0.5, 0.6) is 0 Å². The molecule has 1 saturated heterocycles. The number of carbonyl (C=O) groups excluding carboxylic acids is 1. The molecule has 2 aromatic rings. The van der Waals surface area contributed by atoms with Crippen molar-refractivity contribution >= 4 is 32.7 Å². The number of nitrogens with one attached hydrogen (secondary N) is 1. The second-order valence-electron chi connectivity index (χ2n) is 5.11. The summed E-state index contributed by atoms with van der Waals surface area (Å²) in [5.74, 6) is 0.762. The number of fused-ring (bicyclic) bond motifs is 1. The molecule has 0 radical (unpaired) electrons. The number of rotatable bonds is 4. The summed E-state index contributed by atoms with van der Waals surface area (Å²) in [6.07, 6.45) is 3.43. The summed E-state index contributed by atoms with van der Waals surface area (Å²) in [4.78, 5) is 13.8. The van der Waals surface area contributed by atoms with Gasteiger partial charge in [0.25, 0.3) is 0 Å². The maximum absolute atomic E-state index is 11.8. The molecule has 1 amide bonds. The van der Waals surface area contributed by atoms with Crippen molar-refractivity contribution in [1.29, 1.82) is 0 Å². The van der Waals surface area contributed by atoms with Crippen LogP contribution >= 0.6 is 15.9 Å². The SMILES string of the molecule is O=C1CC(CBr)CN1CCc1ccc2[nH]ncc2c1. The highest BCUT2D eigenvalue weighted by atomic mass is 79.9. The molecule has 0 bridgehead atoms. The van der Waals surface area contributed by atoms with Crippen molar-refractivity contribution in [3.63, 3.8) is 0 Å². The van der Waals surface area contributed by atoms with Gasteiger partial charge in [0.05, 0.1) is 11.7 Å². The normalized spacial score (nSPS) is 19.5. The van der Waals surface area contributed by atoms with Crippen molar-refractivity contribution in [2.45, 2.75) is 12.8 Å². The molecule has 2 heterocycles. The highest BCUT2D eigenvalue weighted by Gasteiger charge is 2.28.